The fourth-order valence-corrected chi connectivity index (χ4v) is 2.31. The van der Waals surface area contributed by atoms with E-state index in [9.17, 15) is 9.59 Å². The number of hydrogen-bond donors (Lipinski definition) is 2. The highest BCUT2D eigenvalue weighted by Crippen LogP contribution is 2.14. The summed E-state index contributed by atoms with van der Waals surface area (Å²) in [5, 5.41) is 6.15. The van der Waals surface area contributed by atoms with Crippen molar-refractivity contribution in [3.63, 3.8) is 0 Å². The van der Waals surface area contributed by atoms with Crippen molar-refractivity contribution in [2.75, 3.05) is 5.32 Å². The Labute approximate surface area is 146 Å². The van der Waals surface area contributed by atoms with Crippen LogP contribution in [0.15, 0.2) is 48.8 Å². The predicted octanol–water partition coefficient (Wildman–Crippen LogP) is 3.52. The van der Waals surface area contributed by atoms with E-state index in [2.05, 4.69) is 15.6 Å². The van der Waals surface area contributed by atoms with Crippen molar-refractivity contribution in [2.24, 2.45) is 5.92 Å². The zero-order valence-corrected chi connectivity index (χ0v) is 14.4. The summed E-state index contributed by atoms with van der Waals surface area (Å²) in [4.78, 5) is 28.9. The van der Waals surface area contributed by atoms with Gasteiger partial charge in [-0.3, -0.25) is 14.6 Å². The predicted molar refractivity (Wildman–Crippen MR) is 95.0 cm³/mol. The van der Waals surface area contributed by atoms with Crippen LogP contribution in [0.25, 0.3) is 0 Å². The summed E-state index contributed by atoms with van der Waals surface area (Å²) in [7, 11) is 0. The Morgan fingerprint density at radius 3 is 2.50 bits per heavy atom. The molecule has 2 N–H and O–H groups in total. The highest BCUT2D eigenvalue weighted by Gasteiger charge is 2.26. The Morgan fingerprint density at radius 1 is 1.21 bits per heavy atom. The summed E-state index contributed by atoms with van der Waals surface area (Å²) in [6.07, 6.45) is 3.95. The fraction of sp³-hybridized carbons (Fsp3) is 0.278. The molecule has 0 fully saturated rings. The average molecular weight is 346 g/mol. The smallest absolute Gasteiger partial charge is 0.251 e. The molecule has 0 spiro atoms. The number of pyridine rings is 1. The Morgan fingerprint density at radius 2 is 1.92 bits per heavy atom. The van der Waals surface area contributed by atoms with Crippen molar-refractivity contribution in [2.45, 2.75) is 26.3 Å². The highest BCUT2D eigenvalue weighted by atomic mass is 35.5. The van der Waals surface area contributed by atoms with Gasteiger partial charge in [0, 0.05) is 16.8 Å². The zero-order valence-electron chi connectivity index (χ0n) is 13.6. The number of benzene rings is 1. The molecular formula is C18H20ClN3O2. The molecule has 0 aliphatic carbocycles. The normalized spacial score (nSPS) is 13.0. The van der Waals surface area contributed by atoms with Gasteiger partial charge in [0.15, 0.2) is 0 Å². The standard InChI is InChI=1S/C18H20ClN3O2/c1-3-12(2)16(18(24)21-15-5-4-10-20-11-15)22-17(23)13-6-8-14(19)9-7-13/h4-12,16H,3H2,1-2H3,(H,21,24)(H,22,23)/t12-,16-/m0/s1. The van der Waals surface area contributed by atoms with Gasteiger partial charge in [-0.1, -0.05) is 31.9 Å². The van der Waals surface area contributed by atoms with Crippen molar-refractivity contribution in [1.82, 2.24) is 10.3 Å². The molecule has 2 amide bonds. The third kappa shape index (κ3) is 4.80. The van der Waals surface area contributed by atoms with Gasteiger partial charge < -0.3 is 10.6 Å². The van der Waals surface area contributed by atoms with Crippen molar-refractivity contribution >= 4 is 29.1 Å². The number of rotatable bonds is 6. The molecule has 5 nitrogen and oxygen atoms in total. The van der Waals surface area contributed by atoms with Gasteiger partial charge in [-0.05, 0) is 42.3 Å². The maximum Gasteiger partial charge on any atom is 0.251 e. The number of aromatic nitrogens is 1. The minimum absolute atomic E-state index is 0.0158. The second-order valence-corrected chi connectivity index (χ2v) is 6.01. The topological polar surface area (TPSA) is 71.1 Å². The summed E-state index contributed by atoms with van der Waals surface area (Å²) in [5.41, 5.74) is 1.05. The van der Waals surface area contributed by atoms with E-state index in [1.54, 1.807) is 48.8 Å². The van der Waals surface area contributed by atoms with Crippen LogP contribution in [0.1, 0.15) is 30.6 Å². The second-order valence-electron chi connectivity index (χ2n) is 5.57. The summed E-state index contributed by atoms with van der Waals surface area (Å²) in [6, 6.07) is 9.39. The molecule has 6 heteroatoms. The molecule has 2 aromatic rings. The van der Waals surface area contributed by atoms with Crippen LogP contribution in [0, 0.1) is 5.92 Å². The minimum atomic E-state index is -0.640. The van der Waals surface area contributed by atoms with Gasteiger partial charge in [0.25, 0.3) is 5.91 Å². The summed E-state index contributed by atoms with van der Waals surface area (Å²) in [6.45, 7) is 3.90. The Kier molecular flexibility index (Phi) is 6.32. The molecule has 0 aliphatic heterocycles. The molecule has 24 heavy (non-hydrogen) atoms. The van der Waals surface area contributed by atoms with Crippen molar-refractivity contribution in [3.05, 3.63) is 59.4 Å². The third-order valence-corrected chi connectivity index (χ3v) is 4.07. The van der Waals surface area contributed by atoms with E-state index in [1.807, 2.05) is 13.8 Å². The lowest BCUT2D eigenvalue weighted by molar-refractivity contribution is -0.119. The molecule has 1 heterocycles. The number of carbonyl (C=O) groups is 2. The number of hydrogen-bond acceptors (Lipinski definition) is 3. The van der Waals surface area contributed by atoms with Crippen molar-refractivity contribution in [3.8, 4) is 0 Å². The lowest BCUT2D eigenvalue weighted by Gasteiger charge is -2.23. The van der Waals surface area contributed by atoms with Gasteiger partial charge in [-0.25, -0.2) is 0 Å². The fourth-order valence-electron chi connectivity index (χ4n) is 2.18. The zero-order chi connectivity index (χ0) is 17.5. The molecule has 0 unspecified atom stereocenters. The quantitative estimate of drug-likeness (QED) is 0.841. The first-order valence-corrected chi connectivity index (χ1v) is 8.16. The molecule has 0 saturated heterocycles. The molecule has 1 aromatic carbocycles. The molecule has 2 atom stereocenters. The van der Waals surface area contributed by atoms with Crippen LogP contribution in [-0.2, 0) is 4.79 Å². The average Bonchev–Trinajstić information content (AvgIpc) is 2.60. The minimum Gasteiger partial charge on any atom is -0.340 e. The SMILES string of the molecule is CC[C@H](C)[C@H](NC(=O)c1ccc(Cl)cc1)C(=O)Nc1cccnc1. The van der Waals surface area contributed by atoms with Crippen LogP contribution >= 0.6 is 11.6 Å². The molecule has 0 aliphatic rings. The highest BCUT2D eigenvalue weighted by molar-refractivity contribution is 6.30. The van der Waals surface area contributed by atoms with E-state index in [1.165, 1.54) is 0 Å². The number of carbonyl (C=O) groups excluding carboxylic acids is 2. The Balaban J connectivity index is 2.11. The number of nitrogens with zero attached hydrogens (tertiary/aromatic N) is 1. The van der Waals surface area contributed by atoms with Crippen molar-refractivity contribution in [1.29, 1.82) is 0 Å². The number of anilines is 1. The lowest BCUT2D eigenvalue weighted by Crippen LogP contribution is -2.47. The van der Waals surface area contributed by atoms with Crippen LogP contribution in [0.5, 0.6) is 0 Å². The first-order valence-electron chi connectivity index (χ1n) is 7.78. The van der Waals surface area contributed by atoms with Crippen LogP contribution in [-0.4, -0.2) is 22.8 Å². The molecule has 0 saturated carbocycles. The lowest BCUT2D eigenvalue weighted by atomic mass is 9.97. The van der Waals surface area contributed by atoms with E-state index in [-0.39, 0.29) is 17.7 Å². The first-order chi connectivity index (χ1) is 11.5. The van der Waals surface area contributed by atoms with Crippen LogP contribution < -0.4 is 10.6 Å². The van der Waals surface area contributed by atoms with Crippen molar-refractivity contribution < 1.29 is 9.59 Å². The monoisotopic (exact) mass is 345 g/mol. The van der Waals surface area contributed by atoms with E-state index in [0.29, 0.717) is 16.3 Å². The summed E-state index contributed by atoms with van der Waals surface area (Å²) in [5.74, 6) is -0.587. The van der Waals surface area contributed by atoms with Gasteiger partial charge >= 0.3 is 0 Å². The Hall–Kier alpha value is -2.40. The van der Waals surface area contributed by atoms with E-state index >= 15 is 0 Å². The van der Waals surface area contributed by atoms with E-state index in [4.69, 9.17) is 11.6 Å². The Bertz CT molecular complexity index is 689. The van der Waals surface area contributed by atoms with Gasteiger partial charge in [-0.15, -0.1) is 0 Å². The first kappa shape index (κ1) is 17.9. The number of halogens is 1. The second kappa shape index (κ2) is 8.45. The summed E-state index contributed by atoms with van der Waals surface area (Å²) >= 11 is 5.83. The van der Waals surface area contributed by atoms with Crippen LogP contribution in [0.2, 0.25) is 5.02 Å². The molecule has 0 radical (unpaired) electrons. The van der Waals surface area contributed by atoms with Gasteiger partial charge in [0.1, 0.15) is 6.04 Å². The maximum absolute atomic E-state index is 12.6. The number of amides is 2. The molecule has 126 valence electrons. The van der Waals surface area contributed by atoms with E-state index < -0.39 is 6.04 Å². The third-order valence-electron chi connectivity index (χ3n) is 3.82. The van der Waals surface area contributed by atoms with Gasteiger partial charge in [0.2, 0.25) is 5.91 Å². The molecule has 0 bridgehead atoms. The van der Waals surface area contributed by atoms with Gasteiger partial charge in [-0.2, -0.15) is 0 Å². The van der Waals surface area contributed by atoms with E-state index in [0.717, 1.165) is 6.42 Å². The number of nitrogens with one attached hydrogen (secondary N) is 2. The van der Waals surface area contributed by atoms with Crippen LogP contribution in [0.4, 0.5) is 5.69 Å². The van der Waals surface area contributed by atoms with Gasteiger partial charge in [0.05, 0.1) is 11.9 Å². The largest absolute Gasteiger partial charge is 0.340 e. The molecule has 1 aromatic heterocycles. The molecule has 2 rings (SSSR count). The molecular weight excluding hydrogens is 326 g/mol. The maximum atomic E-state index is 12.6. The summed E-state index contributed by atoms with van der Waals surface area (Å²) < 4.78 is 0. The van der Waals surface area contributed by atoms with Crippen LogP contribution in [0.3, 0.4) is 0 Å².